The fourth-order valence-electron chi connectivity index (χ4n) is 9.24. The summed E-state index contributed by atoms with van der Waals surface area (Å²) in [5.74, 6) is 0.0818. The lowest BCUT2D eigenvalue weighted by molar-refractivity contribution is -0.385. The summed E-state index contributed by atoms with van der Waals surface area (Å²) >= 11 is 0. The molecule has 5 atom stereocenters. The molecule has 0 aromatic heterocycles. The highest BCUT2D eigenvalue weighted by Gasteiger charge is 2.67. The minimum Gasteiger partial charge on any atom is -0.497 e. The normalized spacial score (nSPS) is 22.8. The van der Waals surface area contributed by atoms with E-state index in [1.807, 2.05) is 43.3 Å². The Hall–Kier alpha value is -5.57. The molecule has 4 aromatic rings. The van der Waals surface area contributed by atoms with Crippen LogP contribution in [-0.2, 0) is 26.5 Å². The number of hydrogen-bond donors (Lipinski definition) is 2. The molecule has 0 bridgehead atoms. The topological polar surface area (TPSA) is 161 Å². The fraction of sp³-hybridized carbons (Fsp3) is 0.372. The van der Waals surface area contributed by atoms with Crippen LogP contribution in [0.3, 0.4) is 0 Å². The van der Waals surface area contributed by atoms with Crippen LogP contribution in [0, 0.1) is 16.0 Å². The van der Waals surface area contributed by atoms with Gasteiger partial charge in [0.1, 0.15) is 11.5 Å². The van der Waals surface area contributed by atoms with Crippen molar-refractivity contribution in [2.75, 3.05) is 37.6 Å². The SMILES string of the molecule is COc1ccc(C(=O)Nc2ccc(CN3C(=O)[C@]4(O[C@H](CC(=O)N5CCC[C@H]5CO)[C@@H]([Si](C)(C)c5ccc(OC)cc5)[C@@H]4C)c4cc([N+](=O)[O-])ccc43)cc2)cc1. The van der Waals surface area contributed by atoms with Crippen LogP contribution in [0.2, 0.25) is 18.6 Å². The molecule has 4 aromatic carbocycles. The van der Waals surface area contributed by atoms with Gasteiger partial charge >= 0.3 is 0 Å². The van der Waals surface area contributed by atoms with E-state index in [1.165, 1.54) is 12.1 Å². The molecule has 298 valence electrons. The highest BCUT2D eigenvalue weighted by Crippen LogP contribution is 2.60. The number of fused-ring (bicyclic) bond motifs is 2. The van der Waals surface area contributed by atoms with Crippen molar-refractivity contribution in [3.05, 3.63) is 118 Å². The molecule has 57 heavy (non-hydrogen) atoms. The van der Waals surface area contributed by atoms with Crippen molar-refractivity contribution < 1.29 is 38.6 Å². The fourth-order valence-corrected chi connectivity index (χ4v) is 13.2. The van der Waals surface area contributed by atoms with Crippen molar-refractivity contribution in [2.24, 2.45) is 5.92 Å². The number of nitro groups is 1. The maximum atomic E-state index is 15.2. The van der Waals surface area contributed by atoms with Crippen LogP contribution in [0.1, 0.15) is 47.7 Å². The Bertz CT molecular complexity index is 2160. The lowest BCUT2D eigenvalue weighted by Crippen LogP contribution is -2.52. The molecule has 3 aliphatic rings. The van der Waals surface area contributed by atoms with Crippen molar-refractivity contribution in [2.45, 2.75) is 69.1 Å². The number of non-ortho nitro benzene ring substituents is 1. The van der Waals surface area contributed by atoms with E-state index in [4.69, 9.17) is 14.2 Å². The minimum atomic E-state index is -2.61. The van der Waals surface area contributed by atoms with Crippen LogP contribution >= 0.6 is 0 Å². The van der Waals surface area contributed by atoms with Crippen molar-refractivity contribution in [1.29, 1.82) is 0 Å². The van der Waals surface area contributed by atoms with Crippen molar-refractivity contribution >= 4 is 48.0 Å². The first-order valence-corrected chi connectivity index (χ1v) is 22.3. The molecule has 0 saturated carbocycles. The molecule has 14 heteroatoms. The van der Waals surface area contributed by atoms with Gasteiger partial charge in [-0.2, -0.15) is 0 Å². The third-order valence-electron chi connectivity index (χ3n) is 12.2. The summed E-state index contributed by atoms with van der Waals surface area (Å²) in [6.07, 6.45) is 0.810. The van der Waals surface area contributed by atoms with Gasteiger partial charge in [-0.1, -0.05) is 49.5 Å². The Kier molecular flexibility index (Phi) is 11.0. The standard InChI is InChI=1S/C43H48N4O9Si/c1-27-40(57(4,5)35-19-17-34(55-3)18-20-35)38(24-39(49)45-22-6-7-32(45)26-48)56-43(27)36-23-31(47(52)53)14-21-37(36)46(42(43)51)25-28-8-12-30(13-9-28)44-41(50)29-10-15-33(54-2)16-11-29/h8-21,23,27,32,38,40,48H,6-7,22,24-26H2,1-5H3,(H,44,50)/t27-,32-,38+,40-,43+/m0/s1. The van der Waals surface area contributed by atoms with Crippen LogP contribution in [0.25, 0.3) is 0 Å². The Labute approximate surface area is 332 Å². The first kappa shape index (κ1) is 39.7. The van der Waals surface area contributed by atoms with E-state index >= 15 is 4.79 Å². The number of aliphatic hydroxyl groups is 1. The Morgan fingerprint density at radius 2 is 1.63 bits per heavy atom. The van der Waals surface area contributed by atoms with Gasteiger partial charge in [0.25, 0.3) is 17.5 Å². The van der Waals surface area contributed by atoms with E-state index in [9.17, 15) is 24.8 Å². The number of hydrogen-bond acceptors (Lipinski definition) is 9. The smallest absolute Gasteiger partial charge is 0.269 e. The molecule has 2 saturated heterocycles. The molecule has 7 rings (SSSR count). The lowest BCUT2D eigenvalue weighted by Gasteiger charge is -2.37. The van der Waals surface area contributed by atoms with Crippen molar-refractivity contribution in [3.8, 4) is 11.5 Å². The number of anilines is 2. The predicted molar refractivity (Wildman–Crippen MR) is 218 cm³/mol. The monoisotopic (exact) mass is 792 g/mol. The van der Waals surface area contributed by atoms with E-state index in [-0.39, 0.29) is 54.6 Å². The molecular formula is C43H48N4O9Si. The summed E-state index contributed by atoms with van der Waals surface area (Å²) in [7, 11) is 0.556. The Morgan fingerprint density at radius 1 is 0.982 bits per heavy atom. The van der Waals surface area contributed by atoms with Gasteiger partial charge in [-0.05, 0) is 78.5 Å². The molecule has 0 aliphatic carbocycles. The summed E-state index contributed by atoms with van der Waals surface area (Å²) in [5, 5.41) is 26.2. The largest absolute Gasteiger partial charge is 0.497 e. The molecule has 2 N–H and O–H groups in total. The summed E-state index contributed by atoms with van der Waals surface area (Å²) in [5.41, 5.74) is 0.662. The molecular weight excluding hydrogens is 745 g/mol. The highest BCUT2D eigenvalue weighted by molar-refractivity contribution is 6.91. The van der Waals surface area contributed by atoms with Gasteiger partial charge in [0.2, 0.25) is 5.91 Å². The summed E-state index contributed by atoms with van der Waals surface area (Å²) in [4.78, 5) is 57.3. The second-order valence-corrected chi connectivity index (χ2v) is 20.3. The first-order chi connectivity index (χ1) is 27.3. The molecule has 3 heterocycles. The summed E-state index contributed by atoms with van der Waals surface area (Å²) in [6, 6.07) is 26.0. The second kappa shape index (κ2) is 15.8. The van der Waals surface area contributed by atoms with Gasteiger partial charge in [0.05, 0.1) is 64.6 Å². The quantitative estimate of drug-likeness (QED) is 0.0997. The number of likely N-dealkylation sites (tertiary alicyclic amines) is 1. The van der Waals surface area contributed by atoms with Crippen LogP contribution in [0.5, 0.6) is 11.5 Å². The van der Waals surface area contributed by atoms with Crippen LogP contribution in [0.15, 0.2) is 91.0 Å². The van der Waals surface area contributed by atoms with Gasteiger partial charge in [-0.25, -0.2) is 0 Å². The van der Waals surface area contributed by atoms with Gasteiger partial charge in [0, 0.05) is 41.4 Å². The zero-order valence-electron chi connectivity index (χ0n) is 32.8. The number of nitrogens with one attached hydrogen (secondary N) is 1. The van der Waals surface area contributed by atoms with Gasteiger partial charge in [-0.3, -0.25) is 24.5 Å². The number of carbonyl (C=O) groups is 3. The van der Waals surface area contributed by atoms with Crippen LogP contribution in [-0.4, -0.2) is 80.2 Å². The zero-order valence-corrected chi connectivity index (χ0v) is 33.8. The summed E-state index contributed by atoms with van der Waals surface area (Å²) in [6.45, 7) is 6.93. The lowest BCUT2D eigenvalue weighted by atomic mass is 9.82. The number of nitrogens with zero attached hydrogens (tertiary/aromatic N) is 3. The van der Waals surface area contributed by atoms with Crippen molar-refractivity contribution in [3.63, 3.8) is 0 Å². The third kappa shape index (κ3) is 7.17. The maximum Gasteiger partial charge on any atom is 0.269 e. The average Bonchev–Trinajstić information content (AvgIpc) is 3.88. The van der Waals surface area contributed by atoms with Crippen LogP contribution < -0.4 is 24.9 Å². The number of carbonyl (C=O) groups excluding carboxylic acids is 3. The van der Waals surface area contributed by atoms with Gasteiger partial charge in [0.15, 0.2) is 5.60 Å². The molecule has 2 fully saturated rings. The number of amides is 3. The second-order valence-electron chi connectivity index (χ2n) is 15.7. The van der Waals surface area contributed by atoms with E-state index in [0.29, 0.717) is 47.0 Å². The molecule has 1 spiro atoms. The van der Waals surface area contributed by atoms with E-state index in [2.05, 4.69) is 18.4 Å². The van der Waals surface area contributed by atoms with E-state index in [0.717, 1.165) is 17.2 Å². The number of methoxy groups -OCH3 is 2. The molecule has 3 aliphatic heterocycles. The third-order valence-corrected chi connectivity index (χ3v) is 16.6. The van der Waals surface area contributed by atoms with E-state index in [1.54, 1.807) is 66.5 Å². The summed E-state index contributed by atoms with van der Waals surface area (Å²) < 4.78 is 17.7. The maximum absolute atomic E-state index is 15.2. The molecule has 0 radical (unpaired) electrons. The zero-order chi connectivity index (χ0) is 40.6. The first-order valence-electron chi connectivity index (χ1n) is 19.2. The van der Waals surface area contributed by atoms with Gasteiger partial charge < -0.3 is 34.4 Å². The molecule has 0 unspecified atom stereocenters. The molecule has 3 amide bonds. The Morgan fingerprint density at radius 3 is 2.25 bits per heavy atom. The van der Waals surface area contributed by atoms with Gasteiger partial charge in [-0.15, -0.1) is 0 Å². The minimum absolute atomic E-state index is 0.00108. The van der Waals surface area contributed by atoms with Crippen LogP contribution in [0.4, 0.5) is 17.1 Å². The highest BCUT2D eigenvalue weighted by atomic mass is 28.3. The van der Waals surface area contributed by atoms with Crippen molar-refractivity contribution in [1.82, 2.24) is 4.90 Å². The Balaban J connectivity index is 1.23. The average molecular weight is 793 g/mol. The number of nitro benzene ring substituents is 1. The number of aliphatic hydroxyl groups excluding tert-OH is 1. The number of rotatable bonds is 12. The number of ether oxygens (including phenoxy) is 3. The van der Waals surface area contributed by atoms with E-state index < -0.39 is 30.6 Å². The molecule has 13 nitrogen and oxygen atoms in total. The predicted octanol–water partition coefficient (Wildman–Crippen LogP) is 6.00. The number of benzene rings is 4.